The smallest absolute Gasteiger partial charge is 0.372 e. The van der Waals surface area contributed by atoms with E-state index in [4.69, 9.17) is 0 Å². The van der Waals surface area contributed by atoms with Crippen LogP contribution in [0.4, 0.5) is 13.2 Å². The molecular formula is C7H12BrF3O. The average Bonchev–Trinajstić information content (AvgIpc) is 1.96. The van der Waals surface area contributed by atoms with Gasteiger partial charge >= 0.3 is 6.18 Å². The maximum Gasteiger partial charge on any atom is 0.411 e. The first kappa shape index (κ1) is 12.2. The molecule has 0 radical (unpaired) electrons. The van der Waals surface area contributed by atoms with Gasteiger partial charge in [0.25, 0.3) is 0 Å². The molecule has 0 rings (SSSR count). The van der Waals surface area contributed by atoms with Crippen LogP contribution in [-0.4, -0.2) is 24.7 Å². The lowest BCUT2D eigenvalue weighted by atomic mass is 10.1. The van der Waals surface area contributed by atoms with E-state index in [0.717, 1.165) is 5.33 Å². The minimum absolute atomic E-state index is 0.173. The molecule has 0 heterocycles. The number of halogens is 4. The van der Waals surface area contributed by atoms with Crippen LogP contribution in [0.1, 0.15) is 13.3 Å². The zero-order valence-corrected chi connectivity index (χ0v) is 8.41. The first-order valence-corrected chi connectivity index (χ1v) is 4.78. The summed E-state index contributed by atoms with van der Waals surface area (Å²) in [5, 5.41) is 0.794. The van der Waals surface area contributed by atoms with Gasteiger partial charge in [-0.1, -0.05) is 22.9 Å². The summed E-state index contributed by atoms with van der Waals surface area (Å²) in [5.41, 5.74) is 0. The molecule has 1 atom stereocenters. The van der Waals surface area contributed by atoms with E-state index in [0.29, 0.717) is 12.3 Å². The van der Waals surface area contributed by atoms with Crippen molar-refractivity contribution in [3.8, 4) is 0 Å². The van der Waals surface area contributed by atoms with Crippen LogP contribution in [0.5, 0.6) is 0 Å². The lowest BCUT2D eigenvalue weighted by molar-refractivity contribution is -0.174. The van der Waals surface area contributed by atoms with Crippen LogP contribution in [0.25, 0.3) is 0 Å². The van der Waals surface area contributed by atoms with Crippen LogP contribution >= 0.6 is 15.9 Å². The van der Waals surface area contributed by atoms with E-state index in [1.54, 1.807) is 0 Å². The van der Waals surface area contributed by atoms with Crippen LogP contribution in [0.2, 0.25) is 0 Å². The molecule has 0 bridgehead atoms. The van der Waals surface area contributed by atoms with E-state index >= 15 is 0 Å². The molecular weight excluding hydrogens is 237 g/mol. The maximum atomic E-state index is 11.5. The molecule has 1 nitrogen and oxygen atoms in total. The number of hydrogen-bond donors (Lipinski definition) is 0. The summed E-state index contributed by atoms with van der Waals surface area (Å²) < 4.78 is 39.0. The highest BCUT2D eigenvalue weighted by Crippen LogP contribution is 2.15. The van der Waals surface area contributed by atoms with Crippen LogP contribution in [0.15, 0.2) is 0 Å². The van der Waals surface area contributed by atoms with Gasteiger partial charge in [0.1, 0.15) is 6.61 Å². The molecule has 0 aromatic carbocycles. The zero-order chi connectivity index (χ0) is 9.61. The molecule has 0 aromatic heterocycles. The van der Waals surface area contributed by atoms with Crippen molar-refractivity contribution in [2.24, 2.45) is 5.92 Å². The van der Waals surface area contributed by atoms with Gasteiger partial charge < -0.3 is 4.74 Å². The molecule has 0 N–H and O–H groups in total. The van der Waals surface area contributed by atoms with Gasteiger partial charge in [-0.25, -0.2) is 0 Å². The van der Waals surface area contributed by atoms with Crippen molar-refractivity contribution in [1.29, 1.82) is 0 Å². The highest BCUT2D eigenvalue weighted by atomic mass is 79.9. The molecule has 12 heavy (non-hydrogen) atoms. The van der Waals surface area contributed by atoms with Gasteiger partial charge in [-0.15, -0.1) is 0 Å². The summed E-state index contributed by atoms with van der Waals surface area (Å²) in [6, 6.07) is 0. The Morgan fingerprint density at radius 1 is 1.42 bits per heavy atom. The van der Waals surface area contributed by atoms with Gasteiger partial charge in [-0.3, -0.25) is 0 Å². The molecule has 0 fully saturated rings. The van der Waals surface area contributed by atoms with E-state index in [9.17, 15) is 13.2 Å². The van der Waals surface area contributed by atoms with Crippen LogP contribution < -0.4 is 0 Å². The van der Waals surface area contributed by atoms with Gasteiger partial charge in [-0.2, -0.15) is 13.2 Å². The normalized spacial score (nSPS) is 14.8. The lowest BCUT2D eigenvalue weighted by Crippen LogP contribution is -2.18. The van der Waals surface area contributed by atoms with Crippen molar-refractivity contribution in [2.45, 2.75) is 19.5 Å². The second-order valence-corrected chi connectivity index (χ2v) is 3.36. The minimum atomic E-state index is -4.20. The minimum Gasteiger partial charge on any atom is -0.372 e. The fourth-order valence-electron chi connectivity index (χ4n) is 0.550. The molecule has 0 amide bonds. The van der Waals surface area contributed by atoms with E-state index in [2.05, 4.69) is 20.7 Å². The Balaban J connectivity index is 3.22. The summed E-state index contributed by atoms with van der Waals surface area (Å²) in [5.74, 6) is 0.359. The quantitative estimate of drug-likeness (QED) is 0.537. The summed E-state index contributed by atoms with van der Waals surface area (Å²) >= 11 is 3.23. The number of rotatable bonds is 5. The van der Waals surface area contributed by atoms with Crippen molar-refractivity contribution in [3.63, 3.8) is 0 Å². The predicted octanol–water partition coefficient (Wildman–Crippen LogP) is 2.99. The summed E-state index contributed by atoms with van der Waals surface area (Å²) in [4.78, 5) is 0. The maximum absolute atomic E-state index is 11.5. The highest BCUT2D eigenvalue weighted by Gasteiger charge is 2.27. The molecule has 0 aliphatic carbocycles. The molecule has 0 aliphatic heterocycles. The van der Waals surface area contributed by atoms with Gasteiger partial charge in [0.2, 0.25) is 0 Å². The summed E-state index contributed by atoms with van der Waals surface area (Å²) in [7, 11) is 0. The Morgan fingerprint density at radius 2 is 2.00 bits per heavy atom. The second kappa shape index (κ2) is 5.80. The predicted molar refractivity (Wildman–Crippen MR) is 44.4 cm³/mol. The van der Waals surface area contributed by atoms with Gasteiger partial charge in [0.15, 0.2) is 0 Å². The standard InChI is InChI=1S/C7H12BrF3O/c1-6(4-8)2-3-12-5-7(9,10)11/h6H,2-5H2,1H3. The monoisotopic (exact) mass is 248 g/mol. The van der Waals surface area contributed by atoms with E-state index in [-0.39, 0.29) is 6.61 Å². The largest absolute Gasteiger partial charge is 0.411 e. The molecule has 0 aromatic rings. The van der Waals surface area contributed by atoms with Crippen molar-refractivity contribution in [3.05, 3.63) is 0 Å². The topological polar surface area (TPSA) is 9.23 Å². The third-order valence-corrected chi connectivity index (χ3v) is 2.39. The molecule has 0 saturated carbocycles. The Bertz CT molecular complexity index is 116. The number of ether oxygens (including phenoxy) is 1. The Morgan fingerprint density at radius 3 is 2.42 bits per heavy atom. The molecule has 0 spiro atoms. The van der Waals surface area contributed by atoms with Gasteiger partial charge in [0.05, 0.1) is 0 Å². The fraction of sp³-hybridized carbons (Fsp3) is 1.00. The molecule has 74 valence electrons. The molecule has 0 saturated heterocycles. The van der Waals surface area contributed by atoms with E-state index < -0.39 is 12.8 Å². The van der Waals surface area contributed by atoms with Gasteiger partial charge in [-0.05, 0) is 12.3 Å². The summed E-state index contributed by atoms with van der Waals surface area (Å²) in [6.45, 7) is 0.986. The Labute approximate surface area is 78.4 Å². The van der Waals surface area contributed by atoms with Crippen LogP contribution in [0, 0.1) is 5.92 Å². The van der Waals surface area contributed by atoms with Crippen LogP contribution in [-0.2, 0) is 4.74 Å². The first-order chi connectivity index (χ1) is 5.45. The number of hydrogen-bond acceptors (Lipinski definition) is 1. The van der Waals surface area contributed by atoms with Crippen molar-refractivity contribution < 1.29 is 17.9 Å². The second-order valence-electron chi connectivity index (χ2n) is 2.72. The molecule has 0 aliphatic rings. The van der Waals surface area contributed by atoms with Crippen LogP contribution in [0.3, 0.4) is 0 Å². The summed E-state index contributed by atoms with van der Waals surface area (Å²) in [6.07, 6.45) is -3.54. The SMILES string of the molecule is CC(CBr)CCOCC(F)(F)F. The third-order valence-electron chi connectivity index (χ3n) is 1.28. The third kappa shape index (κ3) is 8.33. The van der Waals surface area contributed by atoms with E-state index in [1.807, 2.05) is 6.92 Å². The highest BCUT2D eigenvalue weighted by molar-refractivity contribution is 9.09. The average molecular weight is 249 g/mol. The Hall–Kier alpha value is 0.230. The molecule has 5 heteroatoms. The van der Waals surface area contributed by atoms with Crippen molar-refractivity contribution >= 4 is 15.9 Å². The van der Waals surface area contributed by atoms with Crippen molar-refractivity contribution in [2.75, 3.05) is 18.5 Å². The number of alkyl halides is 4. The first-order valence-electron chi connectivity index (χ1n) is 3.66. The van der Waals surface area contributed by atoms with Gasteiger partial charge in [0, 0.05) is 11.9 Å². The molecule has 1 unspecified atom stereocenters. The fourth-order valence-corrected chi connectivity index (χ4v) is 0.873. The van der Waals surface area contributed by atoms with Crippen molar-refractivity contribution in [1.82, 2.24) is 0 Å². The van der Waals surface area contributed by atoms with E-state index in [1.165, 1.54) is 0 Å². The zero-order valence-electron chi connectivity index (χ0n) is 6.83. The Kier molecular flexibility index (Phi) is 5.92. The lowest BCUT2D eigenvalue weighted by Gasteiger charge is -2.09.